The number of anilines is 1. The molecule has 1 saturated carbocycles. The van der Waals surface area contributed by atoms with Crippen LogP contribution in [0.5, 0.6) is 0 Å². The molecule has 1 aromatic carbocycles. The Morgan fingerprint density at radius 1 is 1.13 bits per heavy atom. The van der Waals surface area contributed by atoms with Gasteiger partial charge in [0.05, 0.1) is 12.2 Å². The summed E-state index contributed by atoms with van der Waals surface area (Å²) in [6, 6.07) is 9.23. The summed E-state index contributed by atoms with van der Waals surface area (Å²) in [5.41, 5.74) is 2.88. The summed E-state index contributed by atoms with van der Waals surface area (Å²) in [6.45, 7) is 3.00. The molecular formula is C24H34N6O. The maximum absolute atomic E-state index is 12.4. The molecule has 1 N–H and O–H groups in total. The van der Waals surface area contributed by atoms with Gasteiger partial charge in [-0.1, -0.05) is 42.3 Å². The molecule has 4 rings (SSSR count). The molecule has 7 nitrogen and oxygen atoms in total. The monoisotopic (exact) mass is 422 g/mol. The van der Waals surface area contributed by atoms with E-state index in [0.29, 0.717) is 17.8 Å². The summed E-state index contributed by atoms with van der Waals surface area (Å²) >= 11 is 0. The van der Waals surface area contributed by atoms with Crippen LogP contribution >= 0.6 is 0 Å². The van der Waals surface area contributed by atoms with Crippen molar-refractivity contribution in [1.82, 2.24) is 25.2 Å². The molecule has 2 aliphatic rings. The van der Waals surface area contributed by atoms with Crippen molar-refractivity contribution < 1.29 is 4.79 Å². The summed E-state index contributed by atoms with van der Waals surface area (Å²) in [6.07, 6.45) is 12.9. The summed E-state index contributed by atoms with van der Waals surface area (Å²) < 4.78 is 1.89. The van der Waals surface area contributed by atoms with Gasteiger partial charge in [-0.25, -0.2) is 4.68 Å². The topological polar surface area (TPSA) is 66.3 Å². The molecule has 2 heterocycles. The van der Waals surface area contributed by atoms with E-state index >= 15 is 0 Å². The lowest BCUT2D eigenvalue weighted by atomic mass is 10.1. The number of amides is 1. The third-order valence-corrected chi connectivity index (χ3v) is 6.45. The molecule has 1 aliphatic carbocycles. The molecule has 1 aliphatic heterocycles. The van der Waals surface area contributed by atoms with Crippen molar-refractivity contribution in [2.24, 2.45) is 0 Å². The number of carbonyl (C=O) groups is 1. The minimum Gasteiger partial charge on any atom is -0.378 e. The van der Waals surface area contributed by atoms with E-state index < -0.39 is 0 Å². The molecule has 0 atom stereocenters. The number of carbonyl (C=O) groups excluding carboxylic acids is 1. The van der Waals surface area contributed by atoms with Gasteiger partial charge in [-0.15, -0.1) is 5.10 Å². The van der Waals surface area contributed by atoms with Crippen molar-refractivity contribution in [3.8, 4) is 0 Å². The molecule has 0 unspecified atom stereocenters. The number of hydrogen-bond donors (Lipinski definition) is 1. The van der Waals surface area contributed by atoms with Crippen molar-refractivity contribution in [2.45, 2.75) is 50.6 Å². The Morgan fingerprint density at radius 3 is 2.52 bits per heavy atom. The van der Waals surface area contributed by atoms with E-state index in [1.54, 1.807) is 0 Å². The van der Waals surface area contributed by atoms with E-state index in [1.807, 2.05) is 10.9 Å². The summed E-state index contributed by atoms with van der Waals surface area (Å²) in [5, 5.41) is 11.5. The van der Waals surface area contributed by atoms with Gasteiger partial charge >= 0.3 is 0 Å². The van der Waals surface area contributed by atoms with E-state index in [-0.39, 0.29) is 5.91 Å². The molecule has 1 saturated heterocycles. The van der Waals surface area contributed by atoms with Gasteiger partial charge in [0.15, 0.2) is 5.69 Å². The lowest BCUT2D eigenvalue weighted by molar-refractivity contribution is 0.0932. The first-order valence-corrected chi connectivity index (χ1v) is 11.5. The number of hydrogen-bond acceptors (Lipinski definition) is 5. The van der Waals surface area contributed by atoms with Crippen molar-refractivity contribution in [1.29, 1.82) is 0 Å². The predicted molar refractivity (Wildman–Crippen MR) is 124 cm³/mol. The van der Waals surface area contributed by atoms with Crippen LogP contribution in [-0.2, 0) is 0 Å². The number of piperidine rings is 1. The van der Waals surface area contributed by atoms with Crippen molar-refractivity contribution in [2.75, 3.05) is 38.6 Å². The second-order valence-corrected chi connectivity index (χ2v) is 8.96. The van der Waals surface area contributed by atoms with E-state index in [9.17, 15) is 4.79 Å². The lowest BCUT2D eigenvalue weighted by Crippen LogP contribution is -2.35. The van der Waals surface area contributed by atoms with Crippen molar-refractivity contribution >= 4 is 17.7 Å². The van der Waals surface area contributed by atoms with Gasteiger partial charge in [-0.3, -0.25) is 9.69 Å². The average Bonchev–Trinajstić information content (AvgIpc) is 3.47. The van der Waals surface area contributed by atoms with E-state index in [4.69, 9.17) is 0 Å². The van der Waals surface area contributed by atoms with E-state index in [2.05, 4.69) is 75.9 Å². The zero-order chi connectivity index (χ0) is 21.6. The Morgan fingerprint density at radius 2 is 1.84 bits per heavy atom. The molecule has 1 amide bonds. The van der Waals surface area contributed by atoms with Gasteiger partial charge < -0.3 is 10.2 Å². The minimum atomic E-state index is -0.0839. The fourth-order valence-electron chi connectivity index (χ4n) is 4.48. The zero-order valence-corrected chi connectivity index (χ0v) is 18.7. The van der Waals surface area contributed by atoms with Crippen LogP contribution in [0.15, 0.2) is 36.5 Å². The van der Waals surface area contributed by atoms with Crippen LogP contribution < -0.4 is 10.2 Å². The molecule has 0 radical (unpaired) electrons. The Labute approximate surface area is 185 Å². The smallest absolute Gasteiger partial charge is 0.273 e. The SMILES string of the molecule is CN(C)c1ccc(/C=C/CN2CCC(n3cc(C(=O)NC4CCCC4)nn3)CC2)cc1. The molecule has 2 aromatic rings. The third-order valence-electron chi connectivity index (χ3n) is 6.45. The third kappa shape index (κ3) is 5.73. The quantitative estimate of drug-likeness (QED) is 0.741. The molecule has 0 bridgehead atoms. The first kappa shape index (κ1) is 21.6. The molecule has 2 fully saturated rings. The fraction of sp³-hybridized carbons (Fsp3) is 0.542. The molecule has 166 valence electrons. The van der Waals surface area contributed by atoms with Gasteiger partial charge in [-0.05, 0) is 43.4 Å². The average molecular weight is 423 g/mol. The number of likely N-dealkylation sites (tertiary alicyclic amines) is 1. The van der Waals surface area contributed by atoms with Crippen LogP contribution in [0.25, 0.3) is 6.08 Å². The predicted octanol–water partition coefficient (Wildman–Crippen LogP) is 3.37. The fourth-order valence-corrected chi connectivity index (χ4v) is 4.48. The van der Waals surface area contributed by atoms with Crippen molar-refractivity contribution in [3.63, 3.8) is 0 Å². The van der Waals surface area contributed by atoms with Crippen LogP contribution in [0, 0.1) is 0 Å². The normalized spacial score (nSPS) is 18.6. The molecule has 7 heteroatoms. The molecule has 31 heavy (non-hydrogen) atoms. The van der Waals surface area contributed by atoms with Gasteiger partial charge in [0.2, 0.25) is 0 Å². The summed E-state index contributed by atoms with van der Waals surface area (Å²) in [7, 11) is 4.11. The zero-order valence-electron chi connectivity index (χ0n) is 18.7. The highest BCUT2D eigenvalue weighted by Gasteiger charge is 2.23. The highest BCUT2D eigenvalue weighted by molar-refractivity contribution is 5.92. The van der Waals surface area contributed by atoms with Gasteiger partial charge in [0.25, 0.3) is 5.91 Å². The Kier molecular flexibility index (Phi) is 7.02. The molecule has 0 spiro atoms. The number of nitrogens with one attached hydrogen (secondary N) is 1. The first-order chi connectivity index (χ1) is 15.1. The van der Waals surface area contributed by atoms with Crippen LogP contribution in [0.2, 0.25) is 0 Å². The highest BCUT2D eigenvalue weighted by atomic mass is 16.2. The number of benzene rings is 1. The standard InChI is InChI=1S/C24H34N6O/c1-28(2)21-11-9-19(10-12-21)6-5-15-29-16-13-22(14-17-29)30-18-23(26-27-30)24(31)25-20-7-3-4-8-20/h5-6,9-12,18,20,22H,3-4,7-8,13-17H2,1-2H3,(H,25,31)/b6-5+. The first-order valence-electron chi connectivity index (χ1n) is 11.5. The van der Waals surface area contributed by atoms with Crippen LogP contribution in [0.4, 0.5) is 5.69 Å². The number of rotatable bonds is 7. The second-order valence-electron chi connectivity index (χ2n) is 8.96. The van der Waals surface area contributed by atoms with E-state index in [0.717, 1.165) is 45.3 Å². The number of nitrogens with zero attached hydrogens (tertiary/aromatic N) is 5. The van der Waals surface area contributed by atoms with Crippen LogP contribution in [0.3, 0.4) is 0 Å². The van der Waals surface area contributed by atoms with E-state index in [1.165, 1.54) is 24.1 Å². The molecule has 1 aromatic heterocycles. The van der Waals surface area contributed by atoms with Gasteiger partial charge in [0, 0.05) is 45.5 Å². The largest absolute Gasteiger partial charge is 0.378 e. The Hall–Kier alpha value is -2.67. The molecular weight excluding hydrogens is 388 g/mol. The Bertz CT molecular complexity index is 874. The Balaban J connectivity index is 1.22. The highest BCUT2D eigenvalue weighted by Crippen LogP contribution is 2.22. The van der Waals surface area contributed by atoms with Crippen LogP contribution in [0.1, 0.15) is 60.6 Å². The minimum absolute atomic E-state index is 0.0839. The maximum Gasteiger partial charge on any atom is 0.273 e. The van der Waals surface area contributed by atoms with Crippen molar-refractivity contribution in [3.05, 3.63) is 47.8 Å². The number of aromatic nitrogens is 3. The lowest BCUT2D eigenvalue weighted by Gasteiger charge is -2.30. The summed E-state index contributed by atoms with van der Waals surface area (Å²) in [5.74, 6) is -0.0839. The second kappa shape index (κ2) is 10.1. The summed E-state index contributed by atoms with van der Waals surface area (Å²) in [4.78, 5) is 17.0. The van der Waals surface area contributed by atoms with Crippen LogP contribution in [-0.4, -0.2) is 65.6 Å². The van der Waals surface area contributed by atoms with Gasteiger partial charge in [-0.2, -0.15) is 0 Å². The maximum atomic E-state index is 12.4. The van der Waals surface area contributed by atoms with Gasteiger partial charge in [0.1, 0.15) is 0 Å².